The Morgan fingerprint density at radius 3 is 2.67 bits per heavy atom. The Morgan fingerprint density at radius 2 is 2.00 bits per heavy atom. The van der Waals surface area contributed by atoms with Crippen LogP contribution in [0.5, 0.6) is 0 Å². The molecule has 0 saturated heterocycles. The van der Waals surface area contributed by atoms with E-state index in [2.05, 4.69) is 9.97 Å². The highest BCUT2D eigenvalue weighted by Crippen LogP contribution is 2.22. The van der Waals surface area contributed by atoms with Crippen LogP contribution in [0.1, 0.15) is 0 Å². The van der Waals surface area contributed by atoms with E-state index in [0.29, 0.717) is 16.3 Å². The average Bonchev–Trinajstić information content (AvgIpc) is 2.16. The van der Waals surface area contributed by atoms with Gasteiger partial charge in [0.05, 0.1) is 18.1 Å². The first kappa shape index (κ1) is 9.86. The van der Waals surface area contributed by atoms with E-state index in [0.717, 1.165) is 0 Å². The standard InChI is InChI=1S/C10H7ClFN3/c11-7-1-6(2-8(12)3-7)9-4-14-5-10(13)15-9/h1-5H,(H2,13,15). The third-order valence-electron chi connectivity index (χ3n) is 1.81. The lowest BCUT2D eigenvalue weighted by molar-refractivity contribution is 0.628. The van der Waals surface area contributed by atoms with Crippen LogP contribution < -0.4 is 5.73 Å². The number of hydrogen-bond acceptors (Lipinski definition) is 3. The first-order valence-electron chi connectivity index (χ1n) is 4.19. The molecule has 0 spiro atoms. The molecule has 3 nitrogen and oxygen atoms in total. The van der Waals surface area contributed by atoms with E-state index >= 15 is 0 Å². The maximum atomic E-state index is 13.1. The lowest BCUT2D eigenvalue weighted by atomic mass is 10.1. The van der Waals surface area contributed by atoms with E-state index in [9.17, 15) is 4.39 Å². The molecule has 2 rings (SSSR count). The molecule has 0 aliphatic carbocycles. The van der Waals surface area contributed by atoms with Crippen molar-refractivity contribution in [2.45, 2.75) is 0 Å². The van der Waals surface area contributed by atoms with Gasteiger partial charge in [-0.3, -0.25) is 4.98 Å². The van der Waals surface area contributed by atoms with Gasteiger partial charge >= 0.3 is 0 Å². The van der Waals surface area contributed by atoms with Crippen molar-refractivity contribution in [3.05, 3.63) is 41.4 Å². The number of anilines is 1. The first-order valence-corrected chi connectivity index (χ1v) is 4.57. The minimum atomic E-state index is -0.415. The van der Waals surface area contributed by atoms with Crippen LogP contribution in [-0.2, 0) is 0 Å². The van der Waals surface area contributed by atoms with Crippen LogP contribution in [0.2, 0.25) is 5.02 Å². The van der Waals surface area contributed by atoms with Crippen molar-refractivity contribution in [3.63, 3.8) is 0 Å². The monoisotopic (exact) mass is 223 g/mol. The molecule has 15 heavy (non-hydrogen) atoms. The molecule has 0 atom stereocenters. The number of benzene rings is 1. The number of aromatic nitrogens is 2. The predicted octanol–water partition coefficient (Wildman–Crippen LogP) is 2.52. The Labute approximate surface area is 90.7 Å². The van der Waals surface area contributed by atoms with Crippen molar-refractivity contribution in [1.82, 2.24) is 9.97 Å². The number of rotatable bonds is 1. The zero-order valence-electron chi connectivity index (χ0n) is 7.61. The van der Waals surface area contributed by atoms with Crippen LogP contribution in [0.3, 0.4) is 0 Å². The molecule has 0 saturated carbocycles. The molecule has 0 bridgehead atoms. The average molecular weight is 224 g/mol. The summed E-state index contributed by atoms with van der Waals surface area (Å²) in [7, 11) is 0. The summed E-state index contributed by atoms with van der Waals surface area (Å²) < 4.78 is 13.1. The third kappa shape index (κ3) is 2.22. The molecule has 0 aliphatic rings. The van der Waals surface area contributed by atoms with Crippen LogP contribution in [0.4, 0.5) is 10.2 Å². The molecular formula is C10H7ClFN3. The van der Waals surface area contributed by atoms with Crippen LogP contribution in [0.25, 0.3) is 11.3 Å². The SMILES string of the molecule is Nc1cncc(-c2cc(F)cc(Cl)c2)n1. The fraction of sp³-hybridized carbons (Fsp3) is 0. The van der Waals surface area contributed by atoms with Crippen molar-refractivity contribution in [2.24, 2.45) is 0 Å². The number of nitrogens with two attached hydrogens (primary N) is 1. The Kier molecular flexibility index (Phi) is 2.51. The summed E-state index contributed by atoms with van der Waals surface area (Å²) in [6, 6.07) is 4.16. The molecule has 2 aromatic rings. The van der Waals surface area contributed by atoms with E-state index in [1.165, 1.54) is 24.5 Å². The second-order valence-corrected chi connectivity index (χ2v) is 3.42. The lowest BCUT2D eigenvalue weighted by Crippen LogP contribution is -1.93. The minimum Gasteiger partial charge on any atom is -0.382 e. The normalized spacial score (nSPS) is 10.3. The van der Waals surface area contributed by atoms with Gasteiger partial charge in [0.15, 0.2) is 0 Å². The van der Waals surface area contributed by atoms with Gasteiger partial charge < -0.3 is 5.73 Å². The Balaban J connectivity index is 2.54. The van der Waals surface area contributed by atoms with Gasteiger partial charge in [-0.2, -0.15) is 0 Å². The quantitative estimate of drug-likeness (QED) is 0.808. The number of hydrogen-bond donors (Lipinski definition) is 1. The third-order valence-corrected chi connectivity index (χ3v) is 2.03. The molecule has 1 aromatic carbocycles. The Hall–Kier alpha value is -1.68. The predicted molar refractivity (Wildman–Crippen MR) is 56.8 cm³/mol. The second-order valence-electron chi connectivity index (χ2n) is 2.99. The smallest absolute Gasteiger partial charge is 0.142 e. The van der Waals surface area contributed by atoms with Gasteiger partial charge in [0.25, 0.3) is 0 Å². The first-order chi connectivity index (χ1) is 7.15. The highest BCUT2D eigenvalue weighted by Gasteiger charge is 2.04. The fourth-order valence-corrected chi connectivity index (χ4v) is 1.44. The molecule has 2 N–H and O–H groups in total. The zero-order chi connectivity index (χ0) is 10.8. The Bertz CT molecular complexity index is 482. The van der Waals surface area contributed by atoms with Crippen LogP contribution in [0, 0.1) is 5.82 Å². The van der Waals surface area contributed by atoms with Gasteiger partial charge in [-0.05, 0) is 18.2 Å². The van der Waals surface area contributed by atoms with Crippen LogP contribution >= 0.6 is 11.6 Å². The largest absolute Gasteiger partial charge is 0.382 e. The topological polar surface area (TPSA) is 51.8 Å². The summed E-state index contributed by atoms with van der Waals surface area (Å²) in [5.41, 5.74) is 6.52. The van der Waals surface area contributed by atoms with E-state index < -0.39 is 5.82 Å². The molecule has 5 heteroatoms. The van der Waals surface area contributed by atoms with Gasteiger partial charge in [-0.25, -0.2) is 9.37 Å². The second kappa shape index (κ2) is 3.82. The number of nitrogens with zero attached hydrogens (tertiary/aromatic N) is 2. The van der Waals surface area contributed by atoms with Gasteiger partial charge in [0, 0.05) is 10.6 Å². The summed E-state index contributed by atoms with van der Waals surface area (Å²) in [6.07, 6.45) is 2.92. The molecular weight excluding hydrogens is 217 g/mol. The summed E-state index contributed by atoms with van der Waals surface area (Å²) in [6.45, 7) is 0. The molecule has 0 radical (unpaired) electrons. The van der Waals surface area contributed by atoms with Gasteiger partial charge in [-0.1, -0.05) is 11.6 Å². The summed E-state index contributed by atoms with van der Waals surface area (Å²) >= 11 is 5.72. The summed E-state index contributed by atoms with van der Waals surface area (Å²) in [4.78, 5) is 7.88. The van der Waals surface area contributed by atoms with Gasteiger partial charge in [-0.15, -0.1) is 0 Å². The molecule has 0 amide bonds. The molecule has 0 fully saturated rings. The maximum Gasteiger partial charge on any atom is 0.142 e. The van der Waals surface area contributed by atoms with E-state index in [4.69, 9.17) is 17.3 Å². The molecule has 0 aliphatic heterocycles. The van der Waals surface area contributed by atoms with Crippen molar-refractivity contribution in [2.75, 3.05) is 5.73 Å². The molecule has 76 valence electrons. The number of halogens is 2. The molecule has 1 aromatic heterocycles. The number of nitrogen functional groups attached to an aromatic ring is 1. The van der Waals surface area contributed by atoms with E-state index in [-0.39, 0.29) is 5.82 Å². The lowest BCUT2D eigenvalue weighted by Gasteiger charge is -2.02. The summed E-state index contributed by atoms with van der Waals surface area (Å²) in [5.74, 6) is -0.130. The maximum absolute atomic E-state index is 13.1. The van der Waals surface area contributed by atoms with Gasteiger partial charge in [0.1, 0.15) is 11.6 Å². The van der Waals surface area contributed by atoms with Crippen molar-refractivity contribution in [1.29, 1.82) is 0 Å². The van der Waals surface area contributed by atoms with Crippen molar-refractivity contribution < 1.29 is 4.39 Å². The fourth-order valence-electron chi connectivity index (χ4n) is 1.22. The van der Waals surface area contributed by atoms with E-state index in [1.54, 1.807) is 6.07 Å². The van der Waals surface area contributed by atoms with E-state index in [1.807, 2.05) is 0 Å². The minimum absolute atomic E-state index is 0.285. The highest BCUT2D eigenvalue weighted by molar-refractivity contribution is 6.30. The molecule has 0 unspecified atom stereocenters. The van der Waals surface area contributed by atoms with Crippen molar-refractivity contribution >= 4 is 17.4 Å². The van der Waals surface area contributed by atoms with Crippen LogP contribution in [-0.4, -0.2) is 9.97 Å². The Morgan fingerprint density at radius 1 is 1.20 bits per heavy atom. The highest BCUT2D eigenvalue weighted by atomic mass is 35.5. The van der Waals surface area contributed by atoms with Crippen molar-refractivity contribution in [3.8, 4) is 11.3 Å². The molecule has 1 heterocycles. The van der Waals surface area contributed by atoms with Gasteiger partial charge in [0.2, 0.25) is 0 Å². The van der Waals surface area contributed by atoms with Crippen LogP contribution in [0.15, 0.2) is 30.6 Å². The zero-order valence-corrected chi connectivity index (χ0v) is 8.37. The summed E-state index contributed by atoms with van der Waals surface area (Å²) in [5, 5.41) is 0.314.